The SMILES string of the molecule is CC(N)CC(=O)NC(C)CCC(=O)O. The van der Waals surface area contributed by atoms with Gasteiger partial charge in [0, 0.05) is 24.9 Å². The van der Waals surface area contributed by atoms with Gasteiger partial charge in [-0.25, -0.2) is 0 Å². The van der Waals surface area contributed by atoms with Gasteiger partial charge in [-0.2, -0.15) is 0 Å². The van der Waals surface area contributed by atoms with Crippen molar-refractivity contribution in [3.63, 3.8) is 0 Å². The van der Waals surface area contributed by atoms with Crippen LogP contribution >= 0.6 is 0 Å². The molecule has 0 aromatic heterocycles. The summed E-state index contributed by atoms with van der Waals surface area (Å²) < 4.78 is 0. The van der Waals surface area contributed by atoms with E-state index in [-0.39, 0.29) is 30.8 Å². The molecular formula is C9H18N2O3. The first-order valence-electron chi connectivity index (χ1n) is 4.68. The molecule has 0 heterocycles. The number of carboxylic acid groups (broad SMARTS) is 1. The van der Waals surface area contributed by atoms with E-state index in [1.807, 2.05) is 0 Å². The highest BCUT2D eigenvalue weighted by molar-refractivity contribution is 5.76. The zero-order valence-corrected chi connectivity index (χ0v) is 8.62. The fraction of sp³-hybridized carbons (Fsp3) is 0.778. The topological polar surface area (TPSA) is 92.4 Å². The van der Waals surface area contributed by atoms with Crippen molar-refractivity contribution in [3.8, 4) is 0 Å². The summed E-state index contributed by atoms with van der Waals surface area (Å²) in [6.07, 6.45) is 0.789. The highest BCUT2D eigenvalue weighted by atomic mass is 16.4. The fourth-order valence-corrected chi connectivity index (χ4v) is 1.04. The first kappa shape index (κ1) is 12.9. The summed E-state index contributed by atoms with van der Waals surface area (Å²) in [6.45, 7) is 3.53. The van der Waals surface area contributed by atoms with Gasteiger partial charge in [0.2, 0.25) is 5.91 Å². The molecule has 82 valence electrons. The minimum Gasteiger partial charge on any atom is -0.481 e. The van der Waals surface area contributed by atoms with Crippen LogP contribution in [0.25, 0.3) is 0 Å². The van der Waals surface area contributed by atoms with Gasteiger partial charge >= 0.3 is 5.97 Å². The number of carboxylic acids is 1. The highest BCUT2D eigenvalue weighted by Crippen LogP contribution is 1.97. The third-order valence-corrected chi connectivity index (χ3v) is 1.71. The van der Waals surface area contributed by atoms with Crippen LogP contribution in [0.4, 0.5) is 0 Å². The smallest absolute Gasteiger partial charge is 0.303 e. The molecule has 0 aliphatic heterocycles. The minimum atomic E-state index is -0.849. The van der Waals surface area contributed by atoms with Crippen molar-refractivity contribution >= 4 is 11.9 Å². The Hall–Kier alpha value is -1.10. The standard InChI is InChI=1S/C9H18N2O3/c1-6(10)5-8(12)11-7(2)3-4-9(13)14/h6-7H,3-5,10H2,1-2H3,(H,11,12)(H,13,14). The van der Waals surface area contributed by atoms with E-state index in [4.69, 9.17) is 10.8 Å². The molecule has 0 aromatic carbocycles. The maximum atomic E-state index is 11.2. The molecule has 0 rings (SSSR count). The second-order valence-electron chi connectivity index (χ2n) is 3.58. The van der Waals surface area contributed by atoms with Gasteiger partial charge in [-0.15, -0.1) is 0 Å². The number of hydrogen-bond donors (Lipinski definition) is 3. The predicted octanol–water partition coefficient (Wildman–Crippen LogP) is 0.0932. The Morgan fingerprint density at radius 1 is 1.43 bits per heavy atom. The number of rotatable bonds is 6. The number of nitrogens with two attached hydrogens (primary N) is 1. The lowest BCUT2D eigenvalue weighted by atomic mass is 10.1. The monoisotopic (exact) mass is 202 g/mol. The Kier molecular flexibility index (Phi) is 5.87. The molecule has 0 saturated carbocycles. The van der Waals surface area contributed by atoms with Crippen molar-refractivity contribution in [2.24, 2.45) is 5.73 Å². The Labute approximate surface area is 83.7 Å². The first-order valence-corrected chi connectivity index (χ1v) is 4.68. The van der Waals surface area contributed by atoms with Crippen molar-refractivity contribution in [1.82, 2.24) is 5.32 Å². The van der Waals surface area contributed by atoms with Crippen molar-refractivity contribution in [2.45, 2.75) is 45.2 Å². The Morgan fingerprint density at radius 3 is 2.43 bits per heavy atom. The zero-order chi connectivity index (χ0) is 11.1. The van der Waals surface area contributed by atoms with E-state index in [9.17, 15) is 9.59 Å². The number of carbonyl (C=O) groups excluding carboxylic acids is 1. The molecule has 4 N–H and O–H groups in total. The van der Waals surface area contributed by atoms with Crippen LogP contribution in [-0.4, -0.2) is 29.1 Å². The molecule has 14 heavy (non-hydrogen) atoms. The van der Waals surface area contributed by atoms with Gasteiger partial charge in [-0.1, -0.05) is 0 Å². The molecule has 0 spiro atoms. The third-order valence-electron chi connectivity index (χ3n) is 1.71. The van der Waals surface area contributed by atoms with Crippen LogP contribution in [0.2, 0.25) is 0 Å². The van der Waals surface area contributed by atoms with Crippen molar-refractivity contribution in [2.75, 3.05) is 0 Å². The van der Waals surface area contributed by atoms with E-state index >= 15 is 0 Å². The van der Waals surface area contributed by atoms with Gasteiger partial charge < -0.3 is 16.2 Å². The number of aliphatic carboxylic acids is 1. The van der Waals surface area contributed by atoms with Crippen molar-refractivity contribution in [1.29, 1.82) is 0 Å². The molecular weight excluding hydrogens is 184 g/mol. The molecule has 2 unspecified atom stereocenters. The second kappa shape index (κ2) is 6.37. The van der Waals surface area contributed by atoms with Gasteiger partial charge in [0.1, 0.15) is 0 Å². The number of nitrogens with one attached hydrogen (secondary N) is 1. The molecule has 0 radical (unpaired) electrons. The van der Waals surface area contributed by atoms with Crippen LogP contribution in [0.5, 0.6) is 0 Å². The lowest BCUT2D eigenvalue weighted by Gasteiger charge is -2.13. The van der Waals surface area contributed by atoms with Crippen molar-refractivity contribution < 1.29 is 14.7 Å². The first-order chi connectivity index (χ1) is 6.41. The molecule has 0 aromatic rings. The molecule has 0 bridgehead atoms. The molecule has 5 heteroatoms. The summed E-state index contributed by atoms with van der Waals surface area (Å²) in [5, 5.41) is 11.1. The molecule has 0 fully saturated rings. The van der Waals surface area contributed by atoms with Gasteiger partial charge in [0.15, 0.2) is 0 Å². The Balaban J connectivity index is 3.65. The molecule has 1 amide bonds. The molecule has 5 nitrogen and oxygen atoms in total. The summed E-state index contributed by atoms with van der Waals surface area (Å²) in [6, 6.07) is -0.279. The van der Waals surface area contributed by atoms with Crippen LogP contribution in [0.15, 0.2) is 0 Å². The number of carbonyl (C=O) groups is 2. The second-order valence-corrected chi connectivity index (χ2v) is 3.58. The molecule has 0 aliphatic rings. The maximum Gasteiger partial charge on any atom is 0.303 e. The Bertz CT molecular complexity index is 204. The quantitative estimate of drug-likeness (QED) is 0.569. The van der Waals surface area contributed by atoms with Crippen LogP contribution in [0.3, 0.4) is 0 Å². The lowest BCUT2D eigenvalue weighted by Crippen LogP contribution is -2.36. The van der Waals surface area contributed by atoms with E-state index in [0.717, 1.165) is 0 Å². The third kappa shape index (κ3) is 7.54. The van der Waals surface area contributed by atoms with Gasteiger partial charge in [0.05, 0.1) is 0 Å². The van der Waals surface area contributed by atoms with E-state index in [0.29, 0.717) is 6.42 Å². The lowest BCUT2D eigenvalue weighted by molar-refractivity contribution is -0.137. The molecule has 2 atom stereocenters. The zero-order valence-electron chi connectivity index (χ0n) is 8.62. The average Bonchev–Trinajstić information content (AvgIpc) is 1.98. The summed E-state index contributed by atoms with van der Waals surface area (Å²) in [5.41, 5.74) is 5.44. The van der Waals surface area contributed by atoms with Crippen LogP contribution < -0.4 is 11.1 Å². The van der Waals surface area contributed by atoms with Gasteiger partial charge in [-0.05, 0) is 20.3 Å². The summed E-state index contributed by atoms with van der Waals surface area (Å²) in [7, 11) is 0. The van der Waals surface area contributed by atoms with Crippen LogP contribution in [-0.2, 0) is 9.59 Å². The van der Waals surface area contributed by atoms with E-state index in [1.54, 1.807) is 13.8 Å². The minimum absolute atomic E-state index is 0.0691. The van der Waals surface area contributed by atoms with E-state index in [2.05, 4.69) is 5.32 Å². The number of amides is 1. The average molecular weight is 202 g/mol. The largest absolute Gasteiger partial charge is 0.481 e. The van der Waals surface area contributed by atoms with Crippen molar-refractivity contribution in [3.05, 3.63) is 0 Å². The summed E-state index contributed by atoms with van der Waals surface area (Å²) in [5.74, 6) is -0.976. The van der Waals surface area contributed by atoms with E-state index in [1.165, 1.54) is 0 Å². The summed E-state index contributed by atoms with van der Waals surface area (Å²) in [4.78, 5) is 21.4. The van der Waals surface area contributed by atoms with Gasteiger partial charge in [-0.3, -0.25) is 9.59 Å². The summed E-state index contributed by atoms with van der Waals surface area (Å²) >= 11 is 0. The molecule has 0 saturated heterocycles. The predicted molar refractivity (Wildman–Crippen MR) is 52.7 cm³/mol. The maximum absolute atomic E-state index is 11.2. The van der Waals surface area contributed by atoms with Crippen LogP contribution in [0, 0.1) is 0 Å². The van der Waals surface area contributed by atoms with Crippen LogP contribution in [0.1, 0.15) is 33.1 Å². The Morgan fingerprint density at radius 2 is 2.00 bits per heavy atom. The van der Waals surface area contributed by atoms with E-state index < -0.39 is 5.97 Å². The molecule has 0 aliphatic carbocycles. The van der Waals surface area contributed by atoms with Gasteiger partial charge in [0.25, 0.3) is 0 Å². The normalized spacial score (nSPS) is 14.5. The fourth-order valence-electron chi connectivity index (χ4n) is 1.04. The highest BCUT2D eigenvalue weighted by Gasteiger charge is 2.10. The number of hydrogen-bond acceptors (Lipinski definition) is 3.